The van der Waals surface area contributed by atoms with Gasteiger partial charge in [0.15, 0.2) is 0 Å². The normalized spacial score (nSPS) is 17.2. The van der Waals surface area contributed by atoms with Crippen LogP contribution < -0.4 is 0 Å². The van der Waals surface area contributed by atoms with Gasteiger partial charge >= 0.3 is 0 Å². The molecule has 1 aromatic rings. The Morgan fingerprint density at radius 3 is 2.59 bits per heavy atom. The van der Waals surface area contributed by atoms with Crippen LogP contribution in [0.15, 0.2) is 33.8 Å². The predicted molar refractivity (Wildman–Crippen MR) is 78.1 cm³/mol. The van der Waals surface area contributed by atoms with Gasteiger partial charge in [-0.3, -0.25) is 5.01 Å². The third-order valence-electron chi connectivity index (χ3n) is 2.70. The molecule has 0 unspecified atom stereocenters. The van der Waals surface area contributed by atoms with Gasteiger partial charge < -0.3 is 4.90 Å². The van der Waals surface area contributed by atoms with Crippen molar-refractivity contribution in [3.63, 3.8) is 0 Å². The molecule has 3 nitrogen and oxygen atoms in total. The third kappa shape index (κ3) is 4.66. The molecular formula is C12H17BrClN3. The lowest BCUT2D eigenvalue weighted by molar-refractivity contribution is 0.159. The number of nitrogens with zero attached hydrogens (tertiary/aromatic N) is 3. The fourth-order valence-corrected chi connectivity index (χ4v) is 2.06. The number of rotatable bonds is 2. The van der Waals surface area contributed by atoms with Crippen molar-refractivity contribution < 1.29 is 0 Å². The van der Waals surface area contributed by atoms with Crippen LogP contribution in [-0.4, -0.2) is 49.4 Å². The topological polar surface area (TPSA) is 18.8 Å². The minimum atomic E-state index is 0. The maximum Gasteiger partial charge on any atom is 0.0543 e. The molecule has 1 aromatic carbocycles. The molecule has 0 spiro atoms. The lowest BCUT2D eigenvalue weighted by Crippen LogP contribution is -2.41. The molecule has 1 fully saturated rings. The van der Waals surface area contributed by atoms with Crippen molar-refractivity contribution >= 4 is 34.6 Å². The molecule has 5 heteroatoms. The maximum atomic E-state index is 4.49. The third-order valence-corrected chi connectivity index (χ3v) is 3.19. The van der Waals surface area contributed by atoms with Crippen LogP contribution >= 0.6 is 28.3 Å². The van der Waals surface area contributed by atoms with Gasteiger partial charge in [0.05, 0.1) is 6.21 Å². The summed E-state index contributed by atoms with van der Waals surface area (Å²) in [6, 6.07) is 8.17. The number of hydrogen-bond donors (Lipinski definition) is 0. The molecule has 0 saturated carbocycles. The predicted octanol–water partition coefficient (Wildman–Crippen LogP) is 2.45. The first-order chi connectivity index (χ1) is 7.74. The van der Waals surface area contributed by atoms with Crippen molar-refractivity contribution in [3.8, 4) is 0 Å². The quantitative estimate of drug-likeness (QED) is 0.780. The Kier molecular flexibility index (Phi) is 5.95. The number of piperazine rings is 1. The highest BCUT2D eigenvalue weighted by Gasteiger charge is 2.10. The van der Waals surface area contributed by atoms with Crippen molar-refractivity contribution in [2.45, 2.75) is 0 Å². The van der Waals surface area contributed by atoms with Crippen molar-refractivity contribution in [2.75, 3.05) is 33.2 Å². The Balaban J connectivity index is 0.00000144. The van der Waals surface area contributed by atoms with Crippen molar-refractivity contribution in [1.82, 2.24) is 9.91 Å². The fraction of sp³-hybridized carbons (Fsp3) is 0.417. The zero-order valence-electron chi connectivity index (χ0n) is 9.84. The summed E-state index contributed by atoms with van der Waals surface area (Å²) in [4.78, 5) is 2.32. The number of hydrogen-bond acceptors (Lipinski definition) is 3. The van der Waals surface area contributed by atoms with Crippen molar-refractivity contribution in [3.05, 3.63) is 34.3 Å². The molecule has 0 aromatic heterocycles. The molecule has 0 aliphatic carbocycles. The van der Waals surface area contributed by atoms with Crippen LogP contribution in [0.3, 0.4) is 0 Å². The second-order valence-electron chi connectivity index (χ2n) is 4.06. The summed E-state index contributed by atoms with van der Waals surface area (Å²) in [5, 5.41) is 6.62. The highest BCUT2D eigenvalue weighted by Crippen LogP contribution is 2.10. The second-order valence-corrected chi connectivity index (χ2v) is 4.97. The molecule has 0 radical (unpaired) electrons. The minimum absolute atomic E-state index is 0. The van der Waals surface area contributed by atoms with Crippen LogP contribution in [0.1, 0.15) is 5.56 Å². The molecule has 0 amide bonds. The van der Waals surface area contributed by atoms with Crippen LogP contribution in [-0.2, 0) is 0 Å². The van der Waals surface area contributed by atoms with E-state index in [9.17, 15) is 0 Å². The number of likely N-dealkylation sites (N-methyl/N-ethyl adjacent to an activating group) is 1. The van der Waals surface area contributed by atoms with Gasteiger partial charge in [0.1, 0.15) is 0 Å². The molecule has 1 aliphatic heterocycles. The molecule has 1 saturated heterocycles. The lowest BCUT2D eigenvalue weighted by Gasteiger charge is -2.30. The SMILES string of the molecule is CN1CCN(N=Cc2cccc(Br)c2)CC1.Cl. The Morgan fingerprint density at radius 2 is 1.94 bits per heavy atom. The average Bonchev–Trinajstić information content (AvgIpc) is 2.28. The summed E-state index contributed by atoms with van der Waals surface area (Å²) < 4.78 is 1.09. The summed E-state index contributed by atoms with van der Waals surface area (Å²) >= 11 is 3.45. The number of hydrazone groups is 1. The summed E-state index contributed by atoms with van der Waals surface area (Å²) in [5.74, 6) is 0. The molecule has 94 valence electrons. The first kappa shape index (κ1) is 14.5. The van der Waals surface area contributed by atoms with Gasteiger partial charge in [-0.2, -0.15) is 5.10 Å². The Morgan fingerprint density at radius 1 is 1.24 bits per heavy atom. The van der Waals surface area contributed by atoms with Gasteiger partial charge in [0, 0.05) is 30.7 Å². The minimum Gasteiger partial charge on any atom is -0.303 e. The highest BCUT2D eigenvalue weighted by atomic mass is 79.9. The van der Waals surface area contributed by atoms with E-state index < -0.39 is 0 Å². The smallest absolute Gasteiger partial charge is 0.0543 e. The molecule has 17 heavy (non-hydrogen) atoms. The van der Waals surface area contributed by atoms with Gasteiger partial charge in [-0.25, -0.2) is 0 Å². The van der Waals surface area contributed by atoms with Gasteiger partial charge in [0.2, 0.25) is 0 Å². The molecule has 0 N–H and O–H groups in total. The standard InChI is InChI=1S/C12H16BrN3.ClH/c1-15-5-7-16(8-6-15)14-10-11-3-2-4-12(13)9-11;/h2-4,9-10H,5-8H2,1H3;1H. The monoisotopic (exact) mass is 317 g/mol. The summed E-state index contributed by atoms with van der Waals surface area (Å²) in [7, 11) is 2.15. The molecule has 2 rings (SSSR count). The van der Waals surface area contributed by atoms with E-state index in [1.165, 1.54) is 0 Å². The molecule has 1 heterocycles. The van der Waals surface area contributed by atoms with Crippen LogP contribution in [0.5, 0.6) is 0 Å². The first-order valence-corrected chi connectivity index (χ1v) is 6.26. The summed E-state index contributed by atoms with van der Waals surface area (Å²) in [6.07, 6.45) is 1.93. The molecule has 1 aliphatic rings. The largest absolute Gasteiger partial charge is 0.303 e. The van der Waals surface area contributed by atoms with Crippen LogP contribution in [0.25, 0.3) is 0 Å². The highest BCUT2D eigenvalue weighted by molar-refractivity contribution is 9.10. The Bertz CT molecular complexity index is 376. The van der Waals surface area contributed by atoms with Crippen LogP contribution in [0.4, 0.5) is 0 Å². The van der Waals surface area contributed by atoms with E-state index in [1.807, 2.05) is 18.3 Å². The maximum absolute atomic E-state index is 4.49. The van der Waals surface area contributed by atoms with E-state index >= 15 is 0 Å². The molecule has 0 bridgehead atoms. The number of halogens is 2. The average molecular weight is 319 g/mol. The summed E-state index contributed by atoms with van der Waals surface area (Å²) in [5.41, 5.74) is 1.13. The van der Waals surface area contributed by atoms with Crippen LogP contribution in [0.2, 0.25) is 0 Å². The Labute approximate surface area is 117 Å². The lowest BCUT2D eigenvalue weighted by atomic mass is 10.2. The Hall–Kier alpha value is -0.580. The van der Waals surface area contributed by atoms with E-state index in [0.29, 0.717) is 0 Å². The van der Waals surface area contributed by atoms with Gasteiger partial charge in [0.25, 0.3) is 0 Å². The van der Waals surface area contributed by atoms with Crippen molar-refractivity contribution in [2.24, 2.45) is 5.10 Å². The van der Waals surface area contributed by atoms with Gasteiger partial charge in [-0.05, 0) is 24.7 Å². The first-order valence-electron chi connectivity index (χ1n) is 5.47. The van der Waals surface area contributed by atoms with E-state index in [0.717, 1.165) is 36.2 Å². The van der Waals surface area contributed by atoms with Crippen LogP contribution in [0, 0.1) is 0 Å². The molecular weight excluding hydrogens is 302 g/mol. The fourth-order valence-electron chi connectivity index (χ4n) is 1.65. The zero-order valence-corrected chi connectivity index (χ0v) is 12.2. The van der Waals surface area contributed by atoms with Gasteiger partial charge in [-0.1, -0.05) is 28.1 Å². The molecule has 0 atom stereocenters. The number of benzene rings is 1. The van der Waals surface area contributed by atoms with E-state index in [1.54, 1.807) is 0 Å². The van der Waals surface area contributed by atoms with E-state index in [2.05, 4.69) is 50.1 Å². The second kappa shape index (κ2) is 6.99. The summed E-state index contributed by atoms with van der Waals surface area (Å²) in [6.45, 7) is 4.22. The van der Waals surface area contributed by atoms with Crippen molar-refractivity contribution in [1.29, 1.82) is 0 Å². The zero-order chi connectivity index (χ0) is 11.4. The van der Waals surface area contributed by atoms with Gasteiger partial charge in [-0.15, -0.1) is 12.4 Å². The van der Waals surface area contributed by atoms with E-state index in [4.69, 9.17) is 0 Å². The van der Waals surface area contributed by atoms with E-state index in [-0.39, 0.29) is 12.4 Å².